The van der Waals surface area contributed by atoms with Crippen LogP contribution in [0.1, 0.15) is 35.4 Å². The van der Waals surface area contributed by atoms with Gasteiger partial charge in [0.15, 0.2) is 0 Å². The van der Waals surface area contributed by atoms with E-state index in [0.717, 1.165) is 6.54 Å². The predicted octanol–water partition coefficient (Wildman–Crippen LogP) is 4.85. The molecule has 0 unspecified atom stereocenters. The first-order chi connectivity index (χ1) is 13.2. The topological polar surface area (TPSA) is 31.1 Å². The van der Waals surface area contributed by atoms with Gasteiger partial charge in [-0.2, -0.15) is 0 Å². The average molecular weight is 362 g/mol. The Morgan fingerprint density at radius 2 is 1.89 bits per heavy atom. The molecule has 0 bridgehead atoms. The van der Waals surface area contributed by atoms with Crippen LogP contribution >= 0.6 is 0 Å². The van der Waals surface area contributed by atoms with E-state index in [9.17, 15) is 0 Å². The molecular weight excluding hydrogens is 330 g/mol. The van der Waals surface area contributed by atoms with E-state index in [1.165, 1.54) is 71.3 Å². The largest absolute Gasteiger partial charge is 0.354 e. The molecule has 0 saturated carbocycles. The van der Waals surface area contributed by atoms with Crippen LogP contribution in [-0.4, -0.2) is 43.1 Å². The number of piperidine rings is 1. The van der Waals surface area contributed by atoms with E-state index in [0.29, 0.717) is 5.92 Å². The lowest BCUT2D eigenvalue weighted by molar-refractivity contribution is 0.214. The molecule has 142 valence electrons. The van der Waals surface area contributed by atoms with Crippen molar-refractivity contribution in [3.63, 3.8) is 0 Å². The van der Waals surface area contributed by atoms with Crippen LogP contribution in [0.2, 0.25) is 0 Å². The van der Waals surface area contributed by atoms with Crippen molar-refractivity contribution in [1.29, 1.82) is 0 Å². The monoisotopic (exact) mass is 361 g/mol. The van der Waals surface area contributed by atoms with Crippen molar-refractivity contribution in [1.82, 2.24) is 15.2 Å². The van der Waals surface area contributed by atoms with E-state index in [2.05, 4.69) is 71.5 Å². The Labute approximate surface area is 162 Å². The number of H-pyrrole nitrogens is 1. The molecule has 3 nitrogen and oxygen atoms in total. The van der Waals surface area contributed by atoms with Gasteiger partial charge in [0.1, 0.15) is 0 Å². The molecule has 0 amide bonds. The van der Waals surface area contributed by atoms with Gasteiger partial charge in [0, 0.05) is 29.7 Å². The molecule has 0 spiro atoms. The first kappa shape index (κ1) is 18.3. The average Bonchev–Trinajstić information content (AvgIpc) is 3.03. The Morgan fingerprint density at radius 1 is 1.07 bits per heavy atom. The van der Waals surface area contributed by atoms with Gasteiger partial charge in [0.2, 0.25) is 0 Å². The molecule has 1 saturated heterocycles. The highest BCUT2D eigenvalue weighted by molar-refractivity contribution is 5.91. The number of likely N-dealkylation sites (tertiary alicyclic amines) is 1. The molecule has 2 N–H and O–H groups in total. The molecule has 27 heavy (non-hydrogen) atoms. The number of aryl methyl sites for hydroxylation is 2. The van der Waals surface area contributed by atoms with E-state index in [-0.39, 0.29) is 0 Å². The van der Waals surface area contributed by atoms with Gasteiger partial charge in [-0.15, -0.1) is 0 Å². The molecule has 2 heterocycles. The quantitative estimate of drug-likeness (QED) is 0.680. The number of nitrogens with one attached hydrogen (secondary N) is 2. The molecule has 1 aromatic heterocycles. The van der Waals surface area contributed by atoms with E-state index in [1.807, 2.05) is 7.05 Å². The minimum Gasteiger partial charge on any atom is -0.354 e. The third kappa shape index (κ3) is 3.80. The van der Waals surface area contributed by atoms with Crippen LogP contribution in [0, 0.1) is 13.8 Å². The van der Waals surface area contributed by atoms with Crippen molar-refractivity contribution in [2.24, 2.45) is 0 Å². The van der Waals surface area contributed by atoms with Gasteiger partial charge in [0.25, 0.3) is 0 Å². The lowest BCUT2D eigenvalue weighted by Gasteiger charge is -2.32. The first-order valence-corrected chi connectivity index (χ1v) is 10.2. The standard InChI is InChI=1S/C24H31N3/c1-17-5-4-6-21(15-17)24-18(2)22-16-20(7-8-23(22)26-24)19-9-12-27(13-10-19)14-11-25-3/h4-8,15-16,19,25-26H,9-14H2,1-3H3. The molecule has 2 aromatic carbocycles. The van der Waals surface area contributed by atoms with Gasteiger partial charge in [-0.3, -0.25) is 0 Å². The Kier molecular flexibility index (Phi) is 5.33. The second-order valence-electron chi connectivity index (χ2n) is 8.02. The number of hydrogen-bond donors (Lipinski definition) is 2. The zero-order chi connectivity index (χ0) is 18.8. The molecule has 0 atom stereocenters. The number of fused-ring (bicyclic) bond motifs is 1. The van der Waals surface area contributed by atoms with Gasteiger partial charge < -0.3 is 15.2 Å². The lowest BCUT2D eigenvalue weighted by Crippen LogP contribution is -2.37. The molecular formula is C24H31N3. The van der Waals surface area contributed by atoms with Crippen LogP contribution in [0.5, 0.6) is 0 Å². The number of aromatic nitrogens is 1. The fraction of sp³-hybridized carbons (Fsp3) is 0.417. The van der Waals surface area contributed by atoms with Crippen LogP contribution in [0.4, 0.5) is 0 Å². The molecule has 1 aliphatic heterocycles. The molecule has 4 rings (SSSR count). The van der Waals surface area contributed by atoms with Crippen LogP contribution in [0.15, 0.2) is 42.5 Å². The predicted molar refractivity (Wildman–Crippen MR) is 116 cm³/mol. The second-order valence-corrected chi connectivity index (χ2v) is 8.02. The Balaban J connectivity index is 1.57. The lowest BCUT2D eigenvalue weighted by atomic mass is 9.88. The Morgan fingerprint density at radius 3 is 2.63 bits per heavy atom. The van der Waals surface area contributed by atoms with E-state index in [1.54, 1.807) is 0 Å². The summed E-state index contributed by atoms with van der Waals surface area (Å²) in [6, 6.07) is 15.8. The van der Waals surface area contributed by atoms with Crippen molar-refractivity contribution < 1.29 is 0 Å². The van der Waals surface area contributed by atoms with Crippen molar-refractivity contribution in [3.8, 4) is 11.3 Å². The highest BCUT2D eigenvalue weighted by atomic mass is 15.1. The van der Waals surface area contributed by atoms with E-state index < -0.39 is 0 Å². The Hall–Kier alpha value is -2.10. The van der Waals surface area contributed by atoms with Crippen molar-refractivity contribution in [3.05, 3.63) is 59.2 Å². The number of aromatic amines is 1. The summed E-state index contributed by atoms with van der Waals surface area (Å²) in [5, 5.41) is 4.63. The fourth-order valence-corrected chi connectivity index (χ4v) is 4.45. The van der Waals surface area contributed by atoms with Crippen molar-refractivity contribution in [2.45, 2.75) is 32.6 Å². The number of nitrogens with zero attached hydrogens (tertiary/aromatic N) is 1. The number of benzene rings is 2. The number of rotatable bonds is 5. The Bertz CT molecular complexity index is 917. The van der Waals surface area contributed by atoms with Crippen molar-refractivity contribution in [2.75, 3.05) is 33.2 Å². The summed E-state index contributed by atoms with van der Waals surface area (Å²) in [4.78, 5) is 6.24. The maximum absolute atomic E-state index is 3.65. The smallest absolute Gasteiger partial charge is 0.0494 e. The first-order valence-electron chi connectivity index (χ1n) is 10.2. The minimum atomic E-state index is 0.692. The van der Waals surface area contributed by atoms with E-state index in [4.69, 9.17) is 0 Å². The number of hydrogen-bond acceptors (Lipinski definition) is 2. The molecule has 1 aliphatic rings. The second kappa shape index (κ2) is 7.87. The fourth-order valence-electron chi connectivity index (χ4n) is 4.45. The van der Waals surface area contributed by atoms with Crippen LogP contribution < -0.4 is 5.32 Å². The van der Waals surface area contributed by atoms with Crippen molar-refractivity contribution >= 4 is 10.9 Å². The van der Waals surface area contributed by atoms with Gasteiger partial charge in [-0.1, -0.05) is 29.8 Å². The SMILES string of the molecule is CNCCN1CCC(c2ccc3[nH]c(-c4cccc(C)c4)c(C)c3c2)CC1. The maximum Gasteiger partial charge on any atom is 0.0494 e. The summed E-state index contributed by atoms with van der Waals surface area (Å²) < 4.78 is 0. The summed E-state index contributed by atoms with van der Waals surface area (Å²) in [7, 11) is 2.03. The van der Waals surface area contributed by atoms with Gasteiger partial charge in [-0.05, 0) is 87.6 Å². The summed E-state index contributed by atoms with van der Waals surface area (Å²) in [5.41, 5.74) is 7.96. The maximum atomic E-state index is 3.65. The van der Waals surface area contributed by atoms with Gasteiger partial charge in [-0.25, -0.2) is 0 Å². The highest BCUT2D eigenvalue weighted by Crippen LogP contribution is 2.34. The summed E-state index contributed by atoms with van der Waals surface area (Å²) in [6.45, 7) is 9.08. The van der Waals surface area contributed by atoms with Crippen LogP contribution in [-0.2, 0) is 0 Å². The van der Waals surface area contributed by atoms with Gasteiger partial charge >= 0.3 is 0 Å². The third-order valence-corrected chi connectivity index (χ3v) is 6.13. The van der Waals surface area contributed by atoms with E-state index >= 15 is 0 Å². The molecule has 0 radical (unpaired) electrons. The zero-order valence-electron chi connectivity index (χ0n) is 16.8. The zero-order valence-corrected chi connectivity index (χ0v) is 16.8. The molecule has 3 aromatic rings. The molecule has 3 heteroatoms. The van der Waals surface area contributed by atoms with Crippen LogP contribution in [0.3, 0.4) is 0 Å². The molecule has 1 fully saturated rings. The number of likely N-dealkylation sites (N-methyl/N-ethyl adjacent to an activating group) is 1. The highest BCUT2D eigenvalue weighted by Gasteiger charge is 2.21. The summed E-state index contributed by atoms with van der Waals surface area (Å²) >= 11 is 0. The third-order valence-electron chi connectivity index (χ3n) is 6.13. The normalized spacial score (nSPS) is 16.3. The summed E-state index contributed by atoms with van der Waals surface area (Å²) in [6.07, 6.45) is 2.53. The summed E-state index contributed by atoms with van der Waals surface area (Å²) in [5.74, 6) is 0.692. The van der Waals surface area contributed by atoms with Gasteiger partial charge in [0.05, 0.1) is 0 Å². The minimum absolute atomic E-state index is 0.692. The van der Waals surface area contributed by atoms with Crippen LogP contribution in [0.25, 0.3) is 22.2 Å². The molecule has 0 aliphatic carbocycles.